The number of morpholine rings is 1. The molecule has 0 unspecified atom stereocenters. The zero-order valence-electron chi connectivity index (χ0n) is 27.3. The highest BCUT2D eigenvalue weighted by atomic mass is 16.6. The van der Waals surface area contributed by atoms with Crippen molar-refractivity contribution in [3.8, 4) is 11.1 Å². The SMILES string of the molecule is CCc1c(NC(=O)c2ccc(C(C)(C)C)cc2)cccc1-c1cc(Nc2ccc(C(=O)N3CCOCC3)c([N+](=O)[O-])c2)c(=O)n(C)c1. The second-order valence-electron chi connectivity index (χ2n) is 12.5. The van der Waals surface area contributed by atoms with Crippen molar-refractivity contribution in [2.45, 2.75) is 39.5 Å². The Morgan fingerprint density at radius 3 is 2.32 bits per heavy atom. The van der Waals surface area contributed by atoms with Crippen molar-refractivity contribution in [3.63, 3.8) is 0 Å². The highest BCUT2D eigenvalue weighted by Gasteiger charge is 2.27. The molecule has 1 saturated heterocycles. The van der Waals surface area contributed by atoms with Crippen LogP contribution in [0.2, 0.25) is 0 Å². The fourth-order valence-electron chi connectivity index (χ4n) is 5.65. The number of carbonyl (C=O) groups is 2. The Morgan fingerprint density at radius 1 is 0.979 bits per heavy atom. The predicted molar refractivity (Wildman–Crippen MR) is 183 cm³/mol. The number of aromatic nitrogens is 1. The average molecular weight is 638 g/mol. The van der Waals surface area contributed by atoms with Crippen molar-refractivity contribution in [1.29, 1.82) is 0 Å². The number of benzene rings is 3. The maximum Gasteiger partial charge on any atom is 0.284 e. The smallest absolute Gasteiger partial charge is 0.284 e. The first-order valence-electron chi connectivity index (χ1n) is 15.5. The summed E-state index contributed by atoms with van der Waals surface area (Å²) in [6, 6.07) is 19.1. The molecule has 1 aliphatic heterocycles. The Kier molecular flexibility index (Phi) is 9.57. The van der Waals surface area contributed by atoms with Crippen LogP contribution < -0.4 is 16.2 Å². The van der Waals surface area contributed by atoms with Gasteiger partial charge in [-0.2, -0.15) is 0 Å². The third kappa shape index (κ3) is 7.25. The number of nitrogens with one attached hydrogen (secondary N) is 2. The van der Waals surface area contributed by atoms with E-state index in [-0.39, 0.29) is 33.8 Å². The Bertz CT molecular complexity index is 1890. The summed E-state index contributed by atoms with van der Waals surface area (Å²) in [5.41, 5.74) is 4.50. The number of amides is 2. The molecule has 244 valence electrons. The number of ether oxygens (including phenoxy) is 1. The van der Waals surface area contributed by atoms with Gasteiger partial charge in [0.05, 0.1) is 18.1 Å². The zero-order chi connectivity index (χ0) is 33.9. The third-order valence-electron chi connectivity index (χ3n) is 8.29. The molecular weight excluding hydrogens is 598 g/mol. The van der Waals surface area contributed by atoms with Gasteiger partial charge in [0.25, 0.3) is 23.1 Å². The van der Waals surface area contributed by atoms with Gasteiger partial charge in [-0.25, -0.2) is 0 Å². The Hall–Kier alpha value is -5.29. The van der Waals surface area contributed by atoms with Crippen molar-refractivity contribution in [1.82, 2.24) is 9.47 Å². The summed E-state index contributed by atoms with van der Waals surface area (Å²) in [5, 5.41) is 18.1. The summed E-state index contributed by atoms with van der Waals surface area (Å²) in [6.45, 7) is 9.82. The lowest BCUT2D eigenvalue weighted by molar-refractivity contribution is -0.385. The first-order valence-corrected chi connectivity index (χ1v) is 15.5. The molecule has 3 aromatic carbocycles. The maximum atomic E-state index is 13.2. The Labute approximate surface area is 273 Å². The minimum absolute atomic E-state index is 0.0253. The van der Waals surface area contributed by atoms with Gasteiger partial charge < -0.3 is 24.8 Å². The number of nitro groups is 1. The van der Waals surface area contributed by atoms with Crippen LogP contribution in [0, 0.1) is 10.1 Å². The van der Waals surface area contributed by atoms with Crippen molar-refractivity contribution in [2.75, 3.05) is 36.9 Å². The number of rotatable bonds is 8. The van der Waals surface area contributed by atoms with E-state index in [9.17, 15) is 24.5 Å². The van der Waals surface area contributed by atoms with E-state index in [0.29, 0.717) is 55.2 Å². The number of nitrogens with zero attached hydrogens (tertiary/aromatic N) is 3. The van der Waals surface area contributed by atoms with Crippen LogP contribution in [0.3, 0.4) is 0 Å². The normalized spacial score (nSPS) is 13.3. The topological polar surface area (TPSA) is 136 Å². The lowest BCUT2D eigenvalue weighted by Crippen LogP contribution is -2.40. The molecule has 47 heavy (non-hydrogen) atoms. The van der Waals surface area contributed by atoms with E-state index >= 15 is 0 Å². The van der Waals surface area contributed by atoms with Gasteiger partial charge in [-0.15, -0.1) is 0 Å². The molecule has 0 spiro atoms. The van der Waals surface area contributed by atoms with Crippen LogP contribution in [0.4, 0.5) is 22.7 Å². The number of anilines is 3. The van der Waals surface area contributed by atoms with Gasteiger partial charge in [-0.3, -0.25) is 24.5 Å². The van der Waals surface area contributed by atoms with Gasteiger partial charge in [0.2, 0.25) is 0 Å². The molecule has 1 fully saturated rings. The molecule has 0 atom stereocenters. The average Bonchev–Trinajstić information content (AvgIpc) is 3.06. The largest absolute Gasteiger partial charge is 0.378 e. The Balaban J connectivity index is 1.44. The number of hydrogen-bond donors (Lipinski definition) is 2. The maximum absolute atomic E-state index is 13.2. The van der Waals surface area contributed by atoms with Crippen LogP contribution in [0.25, 0.3) is 11.1 Å². The van der Waals surface area contributed by atoms with E-state index in [2.05, 4.69) is 31.4 Å². The number of pyridine rings is 1. The van der Waals surface area contributed by atoms with Gasteiger partial charge in [0.15, 0.2) is 0 Å². The summed E-state index contributed by atoms with van der Waals surface area (Å²) in [6.07, 6.45) is 2.32. The van der Waals surface area contributed by atoms with Crippen LogP contribution >= 0.6 is 0 Å². The summed E-state index contributed by atoms with van der Waals surface area (Å²) < 4.78 is 6.73. The second-order valence-corrected chi connectivity index (χ2v) is 12.5. The molecule has 0 radical (unpaired) electrons. The molecule has 0 bridgehead atoms. The van der Waals surface area contributed by atoms with E-state index in [1.165, 1.54) is 21.6 Å². The Morgan fingerprint density at radius 2 is 1.68 bits per heavy atom. The molecule has 11 nitrogen and oxygen atoms in total. The monoisotopic (exact) mass is 637 g/mol. The van der Waals surface area contributed by atoms with E-state index in [1.807, 2.05) is 49.4 Å². The minimum atomic E-state index is -0.598. The first-order chi connectivity index (χ1) is 22.4. The molecular formula is C36H39N5O6. The molecule has 11 heteroatoms. The highest BCUT2D eigenvalue weighted by molar-refractivity contribution is 6.05. The molecule has 0 aliphatic carbocycles. The van der Waals surface area contributed by atoms with Crippen LogP contribution in [-0.2, 0) is 23.6 Å². The molecule has 1 aromatic heterocycles. The summed E-state index contributed by atoms with van der Waals surface area (Å²) in [5.74, 6) is -0.664. The number of carbonyl (C=O) groups excluding carboxylic acids is 2. The fraction of sp³-hybridized carbons (Fsp3) is 0.306. The van der Waals surface area contributed by atoms with Crippen LogP contribution in [0.15, 0.2) is 77.7 Å². The van der Waals surface area contributed by atoms with Crippen molar-refractivity contribution in [2.24, 2.45) is 7.05 Å². The molecule has 2 N–H and O–H groups in total. The molecule has 2 heterocycles. The van der Waals surface area contributed by atoms with Crippen molar-refractivity contribution >= 4 is 34.6 Å². The molecule has 0 saturated carbocycles. The summed E-state index contributed by atoms with van der Waals surface area (Å²) in [7, 11) is 1.63. The van der Waals surface area contributed by atoms with Gasteiger partial charge >= 0.3 is 0 Å². The lowest BCUT2D eigenvalue weighted by atomic mass is 9.86. The summed E-state index contributed by atoms with van der Waals surface area (Å²) >= 11 is 0. The molecule has 5 rings (SSSR count). The first kappa shape index (κ1) is 33.1. The number of nitro benzene ring substituents is 1. The van der Waals surface area contributed by atoms with Gasteiger partial charge in [-0.05, 0) is 64.9 Å². The third-order valence-corrected chi connectivity index (χ3v) is 8.29. The predicted octanol–water partition coefficient (Wildman–Crippen LogP) is 6.29. The lowest BCUT2D eigenvalue weighted by Gasteiger charge is -2.26. The molecule has 1 aliphatic rings. The fourth-order valence-corrected chi connectivity index (χ4v) is 5.65. The van der Waals surface area contributed by atoms with Crippen molar-refractivity contribution < 1.29 is 19.2 Å². The summed E-state index contributed by atoms with van der Waals surface area (Å²) in [4.78, 5) is 52.4. The van der Waals surface area contributed by atoms with Crippen LogP contribution in [-0.4, -0.2) is 52.5 Å². The minimum Gasteiger partial charge on any atom is -0.378 e. The quantitative estimate of drug-likeness (QED) is 0.171. The number of aryl methyl sites for hydroxylation is 1. The zero-order valence-corrected chi connectivity index (χ0v) is 27.3. The standard InChI is InChI=1S/C36H39N5O6/c1-6-27-28(8-7-9-30(27)38-33(42)23-10-12-25(13-11-23)36(2,3)4)24-20-31(35(44)39(5)22-24)37-26-14-15-29(32(21-26)41(45)46)34(43)40-16-18-47-19-17-40/h7-15,20-22,37H,6,16-19H2,1-5H3,(H,38,42). The van der Waals surface area contributed by atoms with E-state index in [1.54, 1.807) is 25.4 Å². The van der Waals surface area contributed by atoms with Gasteiger partial charge in [0.1, 0.15) is 11.3 Å². The van der Waals surface area contributed by atoms with E-state index in [4.69, 9.17) is 4.74 Å². The van der Waals surface area contributed by atoms with Crippen LogP contribution in [0.5, 0.6) is 0 Å². The molecule has 2 amide bonds. The highest BCUT2D eigenvalue weighted by Crippen LogP contribution is 2.32. The van der Waals surface area contributed by atoms with Gasteiger partial charge in [-0.1, -0.05) is 52.0 Å². The van der Waals surface area contributed by atoms with E-state index < -0.39 is 10.8 Å². The molecule has 4 aromatic rings. The van der Waals surface area contributed by atoms with Crippen molar-refractivity contribution in [3.05, 3.63) is 116 Å². The van der Waals surface area contributed by atoms with Crippen LogP contribution in [0.1, 0.15) is 59.5 Å². The number of hydrogen-bond acceptors (Lipinski definition) is 7. The van der Waals surface area contributed by atoms with Gasteiger partial charge in [0, 0.05) is 54.9 Å². The second kappa shape index (κ2) is 13.6. The van der Waals surface area contributed by atoms with E-state index in [0.717, 1.165) is 16.7 Å².